The maximum Gasteiger partial charge on any atom is 0.338 e. The second-order valence-electron chi connectivity index (χ2n) is 4.91. The number of aliphatic imine (C=N–C) groups is 1. The lowest BCUT2D eigenvalue weighted by molar-refractivity contribution is -0.151. The fraction of sp³-hybridized carbons (Fsp3) is 0.333. The number of carboxylic acids is 1. The van der Waals surface area contributed by atoms with E-state index < -0.39 is 23.6 Å². The molecule has 1 atom stereocenters. The molecule has 8 heteroatoms. The molecule has 23 heavy (non-hydrogen) atoms. The van der Waals surface area contributed by atoms with Crippen molar-refractivity contribution in [3.8, 4) is 0 Å². The maximum absolute atomic E-state index is 11.8. The molecule has 0 saturated heterocycles. The standard InChI is InChI=1S/C15H15Cl2NO5/c1-7(2)23-15(22)9(8(3)19)6-18-11-5-4-10(16)12(13(11)17)14(20)21/h4-7,9H,1-3H3,(H,20,21). The van der Waals surface area contributed by atoms with Gasteiger partial charge in [0.25, 0.3) is 0 Å². The van der Waals surface area contributed by atoms with Gasteiger partial charge in [0.2, 0.25) is 0 Å². The van der Waals surface area contributed by atoms with Gasteiger partial charge < -0.3 is 9.84 Å². The molecular formula is C15H15Cl2NO5. The molecule has 1 rings (SSSR count). The number of nitrogens with zero attached hydrogens (tertiary/aromatic N) is 1. The van der Waals surface area contributed by atoms with E-state index in [2.05, 4.69) is 4.99 Å². The number of halogens is 2. The van der Waals surface area contributed by atoms with Crippen LogP contribution in [0.1, 0.15) is 31.1 Å². The number of hydrogen-bond acceptors (Lipinski definition) is 5. The van der Waals surface area contributed by atoms with Gasteiger partial charge in [-0.3, -0.25) is 14.6 Å². The van der Waals surface area contributed by atoms with Crippen molar-refractivity contribution in [2.45, 2.75) is 26.9 Å². The number of carboxylic acid groups (broad SMARTS) is 1. The Hall–Kier alpha value is -1.92. The van der Waals surface area contributed by atoms with Crippen molar-refractivity contribution in [2.75, 3.05) is 0 Å². The van der Waals surface area contributed by atoms with Crippen LogP contribution in [-0.2, 0) is 14.3 Å². The molecule has 6 nitrogen and oxygen atoms in total. The first-order valence-corrected chi connectivity index (χ1v) is 7.37. The first-order chi connectivity index (χ1) is 10.6. The minimum absolute atomic E-state index is 0.0382. The molecular weight excluding hydrogens is 345 g/mol. The highest BCUT2D eigenvalue weighted by Crippen LogP contribution is 2.33. The van der Waals surface area contributed by atoms with Crippen molar-refractivity contribution < 1.29 is 24.2 Å². The molecule has 0 bridgehead atoms. The monoisotopic (exact) mass is 359 g/mol. The first kappa shape index (κ1) is 19.1. The summed E-state index contributed by atoms with van der Waals surface area (Å²) in [6, 6.07) is 2.71. The normalized spacial score (nSPS) is 12.4. The summed E-state index contributed by atoms with van der Waals surface area (Å²) in [5, 5.41) is 8.86. The highest BCUT2D eigenvalue weighted by molar-refractivity contribution is 6.40. The Bertz CT molecular complexity index is 670. The van der Waals surface area contributed by atoms with Crippen LogP contribution in [0.15, 0.2) is 17.1 Å². The quantitative estimate of drug-likeness (QED) is 0.476. The Kier molecular flexibility index (Phi) is 6.72. The summed E-state index contributed by atoms with van der Waals surface area (Å²) < 4.78 is 4.97. The fourth-order valence-electron chi connectivity index (χ4n) is 1.63. The molecule has 0 spiro atoms. The third-order valence-electron chi connectivity index (χ3n) is 2.69. The van der Waals surface area contributed by atoms with E-state index >= 15 is 0 Å². The van der Waals surface area contributed by atoms with E-state index in [9.17, 15) is 14.4 Å². The Morgan fingerprint density at radius 1 is 1.26 bits per heavy atom. The van der Waals surface area contributed by atoms with Gasteiger partial charge in [-0.1, -0.05) is 23.2 Å². The number of aromatic carboxylic acids is 1. The number of carbonyl (C=O) groups is 3. The van der Waals surface area contributed by atoms with Crippen LogP contribution in [0.2, 0.25) is 10.0 Å². The third kappa shape index (κ3) is 5.04. The molecule has 1 N–H and O–H groups in total. The number of esters is 1. The number of carbonyl (C=O) groups excluding carboxylic acids is 2. The predicted molar refractivity (Wildman–Crippen MR) is 87.0 cm³/mol. The van der Waals surface area contributed by atoms with Crippen molar-refractivity contribution in [2.24, 2.45) is 10.9 Å². The average molecular weight is 360 g/mol. The second kappa shape index (κ2) is 8.08. The number of benzene rings is 1. The number of rotatable bonds is 6. The summed E-state index contributed by atoms with van der Waals surface area (Å²) in [6.45, 7) is 4.54. The third-order valence-corrected chi connectivity index (χ3v) is 3.39. The number of ketones is 1. The minimum Gasteiger partial charge on any atom is -0.478 e. The number of Topliss-reactive ketones (excluding diaryl/α,β-unsaturated/α-hetero) is 1. The fourth-order valence-corrected chi connectivity index (χ4v) is 2.21. The number of hydrogen-bond donors (Lipinski definition) is 1. The Morgan fingerprint density at radius 3 is 2.35 bits per heavy atom. The van der Waals surface area contributed by atoms with Crippen LogP contribution < -0.4 is 0 Å². The maximum atomic E-state index is 11.8. The van der Waals surface area contributed by atoms with Gasteiger partial charge in [-0.05, 0) is 32.9 Å². The van der Waals surface area contributed by atoms with Crippen LogP contribution >= 0.6 is 23.2 Å². The molecule has 0 amide bonds. The molecule has 0 heterocycles. The zero-order valence-corrected chi connectivity index (χ0v) is 14.2. The van der Waals surface area contributed by atoms with Gasteiger partial charge in [-0.2, -0.15) is 0 Å². The Morgan fingerprint density at radius 2 is 1.87 bits per heavy atom. The van der Waals surface area contributed by atoms with Crippen molar-refractivity contribution in [1.29, 1.82) is 0 Å². The van der Waals surface area contributed by atoms with Crippen LogP contribution in [0, 0.1) is 5.92 Å². The molecule has 1 aromatic carbocycles. The zero-order valence-electron chi connectivity index (χ0n) is 12.7. The van der Waals surface area contributed by atoms with E-state index in [1.54, 1.807) is 13.8 Å². The average Bonchev–Trinajstić information content (AvgIpc) is 2.39. The summed E-state index contributed by atoms with van der Waals surface area (Å²) in [7, 11) is 0. The highest BCUT2D eigenvalue weighted by Gasteiger charge is 2.24. The van der Waals surface area contributed by atoms with Crippen molar-refractivity contribution in [3.63, 3.8) is 0 Å². The van der Waals surface area contributed by atoms with Crippen molar-refractivity contribution >= 4 is 52.8 Å². The summed E-state index contributed by atoms with van der Waals surface area (Å²) in [5.74, 6) is -3.69. The van der Waals surface area contributed by atoms with Gasteiger partial charge in [0.05, 0.1) is 27.4 Å². The van der Waals surface area contributed by atoms with Gasteiger partial charge >= 0.3 is 11.9 Å². The van der Waals surface area contributed by atoms with E-state index in [0.29, 0.717) is 0 Å². The minimum atomic E-state index is -1.31. The summed E-state index contributed by atoms with van der Waals surface area (Å²) in [6.07, 6.45) is 0.698. The summed E-state index contributed by atoms with van der Waals surface area (Å²) in [5.41, 5.74) is -0.218. The van der Waals surface area contributed by atoms with E-state index in [4.69, 9.17) is 33.0 Å². The molecule has 0 aliphatic rings. The van der Waals surface area contributed by atoms with Crippen molar-refractivity contribution in [1.82, 2.24) is 0 Å². The molecule has 1 unspecified atom stereocenters. The van der Waals surface area contributed by atoms with E-state index in [-0.39, 0.29) is 27.4 Å². The lowest BCUT2D eigenvalue weighted by Crippen LogP contribution is -2.27. The van der Waals surface area contributed by atoms with Gasteiger partial charge in [0, 0.05) is 6.21 Å². The molecule has 0 saturated carbocycles. The van der Waals surface area contributed by atoms with Crippen LogP contribution in [-0.4, -0.2) is 35.1 Å². The largest absolute Gasteiger partial charge is 0.478 e. The van der Waals surface area contributed by atoms with Crippen LogP contribution in [0.3, 0.4) is 0 Å². The lowest BCUT2D eigenvalue weighted by atomic mass is 10.1. The Labute approximate surface area is 143 Å². The molecule has 0 aliphatic carbocycles. The molecule has 124 valence electrons. The molecule has 0 aliphatic heterocycles. The number of ether oxygens (including phenoxy) is 1. The van der Waals surface area contributed by atoms with Crippen LogP contribution in [0.25, 0.3) is 0 Å². The first-order valence-electron chi connectivity index (χ1n) is 6.61. The summed E-state index contributed by atoms with van der Waals surface area (Å²) in [4.78, 5) is 38.5. The van der Waals surface area contributed by atoms with Crippen LogP contribution in [0.4, 0.5) is 5.69 Å². The molecule has 0 radical (unpaired) electrons. The van der Waals surface area contributed by atoms with Gasteiger partial charge in [0.15, 0.2) is 5.92 Å². The SMILES string of the molecule is CC(=O)C(C=Nc1ccc(Cl)c(C(=O)O)c1Cl)C(=O)OC(C)C. The van der Waals surface area contributed by atoms with Gasteiger partial charge in [0.1, 0.15) is 5.78 Å². The Balaban J connectivity index is 3.16. The van der Waals surface area contributed by atoms with Gasteiger partial charge in [-0.15, -0.1) is 0 Å². The highest BCUT2D eigenvalue weighted by atomic mass is 35.5. The molecule has 0 aromatic heterocycles. The van der Waals surface area contributed by atoms with Crippen molar-refractivity contribution in [3.05, 3.63) is 27.7 Å². The second-order valence-corrected chi connectivity index (χ2v) is 5.70. The lowest BCUT2D eigenvalue weighted by Gasteiger charge is -2.12. The van der Waals surface area contributed by atoms with E-state index in [1.807, 2.05) is 0 Å². The van der Waals surface area contributed by atoms with Crippen LogP contribution in [0.5, 0.6) is 0 Å². The zero-order chi connectivity index (χ0) is 17.7. The smallest absolute Gasteiger partial charge is 0.338 e. The topological polar surface area (TPSA) is 93.0 Å². The molecule has 1 aromatic rings. The van der Waals surface area contributed by atoms with E-state index in [0.717, 1.165) is 6.21 Å². The van der Waals surface area contributed by atoms with Gasteiger partial charge in [-0.25, -0.2) is 4.79 Å². The predicted octanol–water partition coefficient (Wildman–Crippen LogP) is 3.55. The molecule has 0 fully saturated rings. The summed E-state index contributed by atoms with van der Waals surface area (Å²) >= 11 is 11.7. The van der Waals surface area contributed by atoms with E-state index in [1.165, 1.54) is 19.1 Å².